The number of rotatable bonds is 10. The predicted molar refractivity (Wildman–Crippen MR) is 146 cm³/mol. The lowest BCUT2D eigenvalue weighted by Crippen LogP contribution is -2.65. The number of fused-ring (bicyclic) bond motifs is 3. The number of hydrogen-bond acceptors (Lipinski definition) is 5. The zero-order valence-corrected chi connectivity index (χ0v) is 22.4. The molecule has 0 radical (unpaired) electrons. The van der Waals surface area contributed by atoms with Gasteiger partial charge < -0.3 is 24.4 Å². The van der Waals surface area contributed by atoms with E-state index in [1.807, 2.05) is 24.3 Å². The quantitative estimate of drug-likeness (QED) is 0.248. The zero-order valence-electron chi connectivity index (χ0n) is 22.4. The van der Waals surface area contributed by atoms with Gasteiger partial charge in [0.2, 0.25) is 0 Å². The summed E-state index contributed by atoms with van der Waals surface area (Å²) in [5.74, 6) is -0.0545. The van der Waals surface area contributed by atoms with E-state index in [1.165, 1.54) is 0 Å². The van der Waals surface area contributed by atoms with Crippen molar-refractivity contribution in [3.63, 3.8) is 0 Å². The molecule has 3 aliphatic rings. The Morgan fingerprint density at radius 2 is 1.51 bits per heavy atom. The molecule has 3 saturated heterocycles. The first-order chi connectivity index (χ1) is 18.9. The molecule has 3 aromatic carbocycles. The van der Waals surface area contributed by atoms with Crippen LogP contribution in [0.5, 0.6) is 5.75 Å². The summed E-state index contributed by atoms with van der Waals surface area (Å²) in [5, 5.41) is 17.3. The van der Waals surface area contributed by atoms with Gasteiger partial charge in [-0.3, -0.25) is 9.59 Å². The number of carbonyl (C=O) groups is 2. The average molecular weight is 529 g/mol. The van der Waals surface area contributed by atoms with Crippen molar-refractivity contribution in [1.82, 2.24) is 5.32 Å². The maximum absolute atomic E-state index is 14.3. The van der Waals surface area contributed by atoms with Crippen molar-refractivity contribution < 1.29 is 28.7 Å². The van der Waals surface area contributed by atoms with Crippen molar-refractivity contribution in [2.75, 3.05) is 39.8 Å². The Hall–Kier alpha value is -3.68. The van der Waals surface area contributed by atoms with Crippen LogP contribution in [0.1, 0.15) is 40.7 Å². The summed E-state index contributed by atoms with van der Waals surface area (Å²) in [7, 11) is 1.56. The minimum atomic E-state index is -2.12. The number of piperidine rings is 3. The number of methoxy groups -OCH3 is 1. The lowest BCUT2D eigenvalue weighted by Gasteiger charge is -2.53. The molecule has 2 bridgehead atoms. The highest BCUT2D eigenvalue weighted by Gasteiger charge is 2.48. The van der Waals surface area contributed by atoms with Gasteiger partial charge in [-0.05, 0) is 23.3 Å². The number of nitrogens with zero attached hydrogens (tertiary/aromatic N) is 1. The molecule has 0 spiro atoms. The third-order valence-corrected chi connectivity index (χ3v) is 8.39. The van der Waals surface area contributed by atoms with Crippen LogP contribution < -0.4 is 15.2 Å². The highest BCUT2D eigenvalue weighted by atomic mass is 16.6. The number of carbonyl (C=O) groups excluding carboxylic acids is 2. The SMILES string of the molecule is COc1ccccc1C(=O)NCCC[N+]12CCC(CC1)C(OC(=O)C([O-])(c1ccccc1)c1ccccc1)C2. The summed E-state index contributed by atoms with van der Waals surface area (Å²) >= 11 is 0. The summed E-state index contributed by atoms with van der Waals surface area (Å²) in [5.41, 5.74) is -0.827. The average Bonchev–Trinajstić information content (AvgIpc) is 3.00. The van der Waals surface area contributed by atoms with Crippen LogP contribution in [0.2, 0.25) is 0 Å². The highest BCUT2D eigenvalue weighted by Crippen LogP contribution is 2.37. The van der Waals surface area contributed by atoms with Crippen molar-refractivity contribution >= 4 is 11.9 Å². The smallest absolute Gasteiger partial charge is 0.304 e. The van der Waals surface area contributed by atoms with Gasteiger partial charge in [0.25, 0.3) is 5.91 Å². The van der Waals surface area contributed by atoms with Gasteiger partial charge in [0.05, 0.1) is 32.3 Å². The van der Waals surface area contributed by atoms with Crippen LogP contribution in [0.3, 0.4) is 0 Å². The number of ether oxygens (including phenoxy) is 2. The van der Waals surface area contributed by atoms with E-state index in [9.17, 15) is 14.7 Å². The number of esters is 1. The maximum atomic E-state index is 14.3. The molecule has 6 rings (SSSR count). The molecule has 0 aromatic heterocycles. The first-order valence-corrected chi connectivity index (χ1v) is 13.7. The number of benzene rings is 3. The van der Waals surface area contributed by atoms with Crippen LogP contribution in [-0.4, -0.2) is 62.3 Å². The molecule has 3 heterocycles. The molecule has 1 amide bonds. The monoisotopic (exact) mass is 528 g/mol. The summed E-state index contributed by atoms with van der Waals surface area (Å²) < 4.78 is 12.3. The van der Waals surface area contributed by atoms with Crippen molar-refractivity contribution in [2.24, 2.45) is 5.92 Å². The van der Waals surface area contributed by atoms with E-state index in [-0.39, 0.29) is 17.9 Å². The first-order valence-electron chi connectivity index (χ1n) is 13.7. The lowest BCUT2D eigenvalue weighted by atomic mass is 9.82. The minimum absolute atomic E-state index is 0.148. The van der Waals surface area contributed by atoms with E-state index >= 15 is 0 Å². The molecular formula is C32H36N2O5. The topological polar surface area (TPSA) is 87.7 Å². The molecule has 0 aliphatic carbocycles. The Morgan fingerprint density at radius 1 is 0.923 bits per heavy atom. The number of hydrogen-bond donors (Lipinski definition) is 1. The molecule has 3 fully saturated rings. The van der Waals surface area contributed by atoms with Gasteiger partial charge in [0.1, 0.15) is 12.3 Å². The highest BCUT2D eigenvalue weighted by molar-refractivity contribution is 5.96. The molecule has 1 atom stereocenters. The predicted octanol–water partition coefficient (Wildman–Crippen LogP) is 3.27. The molecule has 7 heteroatoms. The van der Waals surface area contributed by atoms with Gasteiger partial charge in [-0.1, -0.05) is 72.8 Å². The van der Waals surface area contributed by atoms with Crippen LogP contribution in [0.25, 0.3) is 0 Å². The third-order valence-electron chi connectivity index (χ3n) is 8.39. The first kappa shape index (κ1) is 26.9. The lowest BCUT2D eigenvalue weighted by molar-refractivity contribution is -0.946. The van der Waals surface area contributed by atoms with Gasteiger partial charge in [-0.15, -0.1) is 0 Å². The molecular weight excluding hydrogens is 492 g/mol. The minimum Gasteiger partial charge on any atom is -0.834 e. The molecule has 1 unspecified atom stereocenters. The fourth-order valence-electron chi connectivity index (χ4n) is 6.18. The van der Waals surface area contributed by atoms with Crippen molar-refractivity contribution in [2.45, 2.75) is 31.0 Å². The molecule has 204 valence electrons. The Kier molecular flexibility index (Phi) is 8.00. The Labute approximate surface area is 230 Å². The van der Waals surface area contributed by atoms with Crippen LogP contribution in [0.15, 0.2) is 84.9 Å². The normalized spacial score (nSPS) is 22.2. The second-order valence-corrected chi connectivity index (χ2v) is 10.7. The van der Waals surface area contributed by atoms with E-state index in [1.54, 1.807) is 67.8 Å². The molecule has 1 N–H and O–H groups in total. The van der Waals surface area contributed by atoms with Gasteiger partial charge in [-0.2, -0.15) is 0 Å². The standard InChI is InChI=1S/C32H36N2O5/c1-38-28-16-9-8-15-27(28)30(35)33-19-10-20-34-21-17-24(18-22-34)29(23-34)39-31(36)32(37,25-11-4-2-5-12-25)26-13-6-3-7-14-26/h2-9,11-16,24,29H,10,17-23H2,1H3,(H,33,35). The number of nitrogens with one attached hydrogen (secondary N) is 1. The Balaban J connectivity index is 1.23. The summed E-state index contributed by atoms with van der Waals surface area (Å²) in [6.07, 6.45) is 2.46. The molecule has 39 heavy (non-hydrogen) atoms. The van der Waals surface area contributed by atoms with Crippen molar-refractivity contribution in [3.8, 4) is 5.75 Å². The Morgan fingerprint density at radius 3 is 2.13 bits per heavy atom. The van der Waals surface area contributed by atoms with Gasteiger partial charge in [0, 0.05) is 37.3 Å². The van der Waals surface area contributed by atoms with Crippen LogP contribution in [-0.2, 0) is 15.1 Å². The van der Waals surface area contributed by atoms with Gasteiger partial charge in [0.15, 0.2) is 6.10 Å². The molecule has 0 saturated carbocycles. The second kappa shape index (κ2) is 11.6. The third kappa shape index (κ3) is 5.56. The zero-order chi connectivity index (χ0) is 27.3. The largest absolute Gasteiger partial charge is 0.834 e. The van der Waals surface area contributed by atoms with E-state index in [0.29, 0.717) is 35.5 Å². The number of quaternary nitrogens is 1. The van der Waals surface area contributed by atoms with Crippen LogP contribution >= 0.6 is 0 Å². The summed E-state index contributed by atoms with van der Waals surface area (Å²) in [6.45, 7) is 4.19. The van der Waals surface area contributed by atoms with E-state index in [0.717, 1.165) is 43.4 Å². The maximum Gasteiger partial charge on any atom is 0.304 e. The number of amides is 1. The Bertz CT molecular complexity index is 1230. The van der Waals surface area contributed by atoms with Crippen molar-refractivity contribution in [1.29, 1.82) is 0 Å². The van der Waals surface area contributed by atoms with Gasteiger partial charge in [-0.25, -0.2) is 0 Å². The summed E-state index contributed by atoms with van der Waals surface area (Å²) in [4.78, 5) is 26.3. The molecule has 7 nitrogen and oxygen atoms in total. The fraction of sp³-hybridized carbons (Fsp3) is 0.375. The van der Waals surface area contributed by atoms with E-state index in [2.05, 4.69) is 5.32 Å². The van der Waals surface area contributed by atoms with E-state index < -0.39 is 11.6 Å². The van der Waals surface area contributed by atoms with Crippen molar-refractivity contribution in [3.05, 3.63) is 102 Å². The van der Waals surface area contributed by atoms with Crippen LogP contribution in [0, 0.1) is 5.92 Å². The van der Waals surface area contributed by atoms with Crippen LogP contribution in [0.4, 0.5) is 0 Å². The molecule has 3 aromatic rings. The number of para-hydroxylation sites is 1. The van der Waals surface area contributed by atoms with Gasteiger partial charge >= 0.3 is 5.97 Å². The van der Waals surface area contributed by atoms with E-state index in [4.69, 9.17) is 9.47 Å². The molecule has 3 aliphatic heterocycles. The fourth-order valence-corrected chi connectivity index (χ4v) is 6.18. The summed E-state index contributed by atoms with van der Waals surface area (Å²) in [6, 6.07) is 24.8. The second-order valence-electron chi connectivity index (χ2n) is 10.7.